The average molecular weight is 257 g/mol. The largest absolute Gasteiger partial charge is 0.327 e. The van der Waals surface area contributed by atoms with Crippen LogP contribution in [-0.2, 0) is 0 Å². The van der Waals surface area contributed by atoms with Crippen LogP contribution in [0.5, 0.6) is 0 Å². The van der Waals surface area contributed by atoms with E-state index in [1.165, 1.54) is 24.8 Å². The molecule has 0 saturated carbocycles. The zero-order valence-corrected chi connectivity index (χ0v) is 13.1. The summed E-state index contributed by atoms with van der Waals surface area (Å²) in [5, 5.41) is 0. The van der Waals surface area contributed by atoms with E-state index in [4.69, 9.17) is 5.73 Å². The highest BCUT2D eigenvalue weighted by Gasteiger charge is 1.95. The Labute approximate surface area is 114 Å². The van der Waals surface area contributed by atoms with E-state index in [0.717, 1.165) is 11.8 Å². The van der Waals surface area contributed by atoms with Crippen molar-refractivity contribution in [3.63, 3.8) is 0 Å². The second-order valence-electron chi connectivity index (χ2n) is 4.99. The molecule has 0 unspecified atom stereocenters. The normalized spacial score (nSPS) is 13.6. The average Bonchev–Trinajstić information content (AvgIpc) is 2.32. The van der Waals surface area contributed by atoms with E-state index < -0.39 is 0 Å². The predicted octanol–water partition coefficient (Wildman–Crippen LogP) is 4.46. The van der Waals surface area contributed by atoms with Crippen molar-refractivity contribution in [1.29, 1.82) is 0 Å². The lowest BCUT2D eigenvalue weighted by Gasteiger charge is -2.05. The lowest BCUT2D eigenvalue weighted by molar-refractivity contribution is 0.469. The van der Waals surface area contributed by atoms with E-state index in [0.29, 0.717) is 6.54 Å². The lowest BCUT2D eigenvalue weighted by atomic mass is 10.0. The summed E-state index contributed by atoms with van der Waals surface area (Å²) >= 11 is 3.53. The third-order valence-electron chi connectivity index (χ3n) is 2.25. The SMILES string of the molecule is CC(C)CC(C)C.CS.NCC1=CCCC=C1. The molecular weight excluding hydrogens is 226 g/mol. The fourth-order valence-electron chi connectivity index (χ4n) is 1.76. The van der Waals surface area contributed by atoms with Gasteiger partial charge in [-0.1, -0.05) is 45.9 Å². The van der Waals surface area contributed by atoms with Crippen LogP contribution in [0.15, 0.2) is 23.8 Å². The second-order valence-corrected chi connectivity index (χ2v) is 4.99. The molecule has 0 aromatic carbocycles. The molecule has 0 bridgehead atoms. The molecule has 0 saturated heterocycles. The van der Waals surface area contributed by atoms with Crippen LogP contribution < -0.4 is 5.73 Å². The molecule has 0 aliphatic heterocycles. The zero-order valence-electron chi connectivity index (χ0n) is 12.2. The first kappa shape index (κ1) is 19.1. The molecule has 0 atom stereocenters. The number of hydrogen-bond acceptors (Lipinski definition) is 2. The predicted molar refractivity (Wildman–Crippen MR) is 84.7 cm³/mol. The highest BCUT2D eigenvalue weighted by Crippen LogP contribution is 2.08. The van der Waals surface area contributed by atoms with E-state index in [1.807, 2.05) is 0 Å². The molecule has 102 valence electrons. The minimum atomic E-state index is 0.691. The monoisotopic (exact) mass is 257 g/mol. The van der Waals surface area contributed by atoms with E-state index in [-0.39, 0.29) is 0 Å². The van der Waals surface area contributed by atoms with Crippen LogP contribution in [0, 0.1) is 11.8 Å². The van der Waals surface area contributed by atoms with Gasteiger partial charge in [0.1, 0.15) is 0 Å². The standard InChI is InChI=1S/C7H11N.C7H16.CH4S/c8-6-7-4-2-1-3-5-7;1-6(2)5-7(3)4;1-2/h2,4-5H,1,3,6,8H2;6-7H,5H2,1-4H3;2H,1H3. The molecule has 0 amide bonds. The molecule has 0 fully saturated rings. The van der Waals surface area contributed by atoms with Crippen LogP contribution in [0.25, 0.3) is 0 Å². The first-order valence-corrected chi connectivity index (χ1v) is 7.46. The summed E-state index contributed by atoms with van der Waals surface area (Å²) in [5.41, 5.74) is 6.66. The van der Waals surface area contributed by atoms with Gasteiger partial charge in [-0.25, -0.2) is 0 Å². The van der Waals surface area contributed by atoms with Crippen LogP contribution in [0.4, 0.5) is 0 Å². The molecule has 1 nitrogen and oxygen atoms in total. The fourth-order valence-corrected chi connectivity index (χ4v) is 1.76. The third kappa shape index (κ3) is 15.8. The molecular formula is C15H31NS. The van der Waals surface area contributed by atoms with E-state index in [2.05, 4.69) is 58.6 Å². The number of hydrogen-bond donors (Lipinski definition) is 2. The molecule has 1 aliphatic carbocycles. The number of rotatable bonds is 3. The summed E-state index contributed by atoms with van der Waals surface area (Å²) in [6, 6.07) is 0. The summed E-state index contributed by atoms with van der Waals surface area (Å²) < 4.78 is 0. The van der Waals surface area contributed by atoms with E-state index in [1.54, 1.807) is 6.26 Å². The smallest absolute Gasteiger partial charge is 0.0174 e. The quantitative estimate of drug-likeness (QED) is 0.718. The Kier molecular flexibility index (Phi) is 15.6. The van der Waals surface area contributed by atoms with Gasteiger partial charge in [-0.15, -0.1) is 0 Å². The summed E-state index contributed by atoms with van der Waals surface area (Å²) in [7, 11) is 0. The molecule has 2 N–H and O–H groups in total. The maximum Gasteiger partial charge on any atom is 0.0174 e. The van der Waals surface area contributed by atoms with Crippen molar-refractivity contribution in [1.82, 2.24) is 0 Å². The van der Waals surface area contributed by atoms with Crippen molar-refractivity contribution >= 4 is 12.6 Å². The van der Waals surface area contributed by atoms with Gasteiger partial charge < -0.3 is 5.73 Å². The molecule has 17 heavy (non-hydrogen) atoms. The van der Waals surface area contributed by atoms with Crippen molar-refractivity contribution in [3.05, 3.63) is 23.8 Å². The Bertz CT molecular complexity index is 199. The Balaban J connectivity index is 0. The first-order valence-electron chi connectivity index (χ1n) is 6.56. The Morgan fingerprint density at radius 1 is 1.12 bits per heavy atom. The molecule has 0 spiro atoms. The lowest BCUT2D eigenvalue weighted by Crippen LogP contribution is -2.01. The van der Waals surface area contributed by atoms with Gasteiger partial charge >= 0.3 is 0 Å². The van der Waals surface area contributed by atoms with Gasteiger partial charge in [-0.3, -0.25) is 0 Å². The van der Waals surface area contributed by atoms with Gasteiger partial charge in [0.25, 0.3) is 0 Å². The van der Waals surface area contributed by atoms with Crippen molar-refractivity contribution in [2.75, 3.05) is 12.8 Å². The summed E-state index contributed by atoms with van der Waals surface area (Å²) in [4.78, 5) is 0. The van der Waals surface area contributed by atoms with Crippen LogP contribution in [0.3, 0.4) is 0 Å². The Morgan fingerprint density at radius 2 is 1.65 bits per heavy atom. The highest BCUT2D eigenvalue weighted by atomic mass is 32.1. The second kappa shape index (κ2) is 13.9. The van der Waals surface area contributed by atoms with Gasteiger partial charge in [0.2, 0.25) is 0 Å². The zero-order chi connectivity index (χ0) is 13.7. The van der Waals surface area contributed by atoms with Gasteiger partial charge in [0.15, 0.2) is 0 Å². The number of allylic oxidation sites excluding steroid dienone is 2. The minimum absolute atomic E-state index is 0.691. The summed E-state index contributed by atoms with van der Waals surface area (Å²) in [6.07, 6.45) is 11.9. The number of thiol groups is 1. The van der Waals surface area contributed by atoms with Crippen LogP contribution in [-0.4, -0.2) is 12.8 Å². The van der Waals surface area contributed by atoms with Gasteiger partial charge in [-0.2, -0.15) is 12.6 Å². The first-order chi connectivity index (χ1) is 8.06. The molecule has 1 rings (SSSR count). The molecule has 0 heterocycles. The van der Waals surface area contributed by atoms with Crippen molar-refractivity contribution in [2.45, 2.75) is 47.0 Å². The molecule has 0 aromatic rings. The highest BCUT2D eigenvalue weighted by molar-refractivity contribution is 7.79. The van der Waals surface area contributed by atoms with Crippen molar-refractivity contribution in [2.24, 2.45) is 17.6 Å². The van der Waals surface area contributed by atoms with Crippen LogP contribution in [0.1, 0.15) is 47.0 Å². The van der Waals surface area contributed by atoms with E-state index >= 15 is 0 Å². The molecule has 1 aliphatic rings. The minimum Gasteiger partial charge on any atom is -0.327 e. The van der Waals surface area contributed by atoms with Gasteiger partial charge in [0, 0.05) is 6.54 Å². The topological polar surface area (TPSA) is 26.0 Å². The molecule has 0 radical (unpaired) electrons. The van der Waals surface area contributed by atoms with Crippen LogP contribution in [0.2, 0.25) is 0 Å². The maximum absolute atomic E-state index is 5.38. The molecule has 0 aromatic heterocycles. The van der Waals surface area contributed by atoms with Gasteiger partial charge in [0.05, 0.1) is 0 Å². The van der Waals surface area contributed by atoms with E-state index in [9.17, 15) is 0 Å². The maximum atomic E-state index is 5.38. The Hall–Kier alpha value is -0.210. The third-order valence-corrected chi connectivity index (χ3v) is 2.25. The summed E-state index contributed by atoms with van der Waals surface area (Å²) in [6.45, 7) is 9.75. The fraction of sp³-hybridized carbons (Fsp3) is 0.733. The Morgan fingerprint density at radius 3 is 1.82 bits per heavy atom. The van der Waals surface area contributed by atoms with Crippen molar-refractivity contribution < 1.29 is 0 Å². The summed E-state index contributed by atoms with van der Waals surface area (Å²) in [5.74, 6) is 1.75. The molecule has 2 heteroatoms. The van der Waals surface area contributed by atoms with Gasteiger partial charge in [-0.05, 0) is 42.9 Å². The number of nitrogens with two attached hydrogens (primary N) is 1. The van der Waals surface area contributed by atoms with Crippen molar-refractivity contribution in [3.8, 4) is 0 Å². The van der Waals surface area contributed by atoms with Crippen LogP contribution >= 0.6 is 12.6 Å².